The van der Waals surface area contributed by atoms with E-state index in [1.165, 1.54) is 0 Å². The Kier molecular flexibility index (Phi) is 4.68. The number of nitrogens with zero attached hydrogens (tertiary/aromatic N) is 1. The molecule has 2 aliphatic rings. The molecule has 0 aromatic heterocycles. The third-order valence-corrected chi connectivity index (χ3v) is 4.73. The maximum atomic E-state index is 12.5. The van der Waals surface area contributed by atoms with Crippen LogP contribution >= 0.6 is 0 Å². The Morgan fingerprint density at radius 3 is 2.50 bits per heavy atom. The smallest absolute Gasteiger partial charge is 0.239 e. The summed E-state index contributed by atoms with van der Waals surface area (Å²) in [5, 5.41) is 2.84. The summed E-state index contributed by atoms with van der Waals surface area (Å²) in [6, 6.07) is -0.0116. The monoisotopic (exact) mass is 281 g/mol. The van der Waals surface area contributed by atoms with Gasteiger partial charge in [-0.3, -0.25) is 9.59 Å². The Bertz CT molecular complexity index is 381. The summed E-state index contributed by atoms with van der Waals surface area (Å²) in [5.41, 5.74) is 6.18. The van der Waals surface area contributed by atoms with E-state index >= 15 is 0 Å². The van der Waals surface area contributed by atoms with Crippen LogP contribution in [0.5, 0.6) is 0 Å². The first-order valence-corrected chi connectivity index (χ1v) is 7.67. The molecule has 0 spiro atoms. The summed E-state index contributed by atoms with van der Waals surface area (Å²) in [7, 11) is 1.70. The van der Waals surface area contributed by atoms with Gasteiger partial charge in [0.25, 0.3) is 0 Å². The molecule has 4 atom stereocenters. The Hall–Kier alpha value is -1.10. The van der Waals surface area contributed by atoms with Gasteiger partial charge in [-0.2, -0.15) is 0 Å². The molecule has 2 saturated carbocycles. The number of hydrogen-bond acceptors (Lipinski definition) is 3. The number of carbonyl (C=O) groups excluding carboxylic acids is 2. The van der Waals surface area contributed by atoms with E-state index in [4.69, 9.17) is 5.73 Å². The standard InChI is InChI=1S/C15H27N3O2/c1-9(2)7-17-12(19)8-18(3)15(20)13-10-4-5-11(6-10)14(13)16/h9-11,13-14H,4-8,16H2,1-3H3,(H,17,19). The van der Waals surface area contributed by atoms with Crippen LogP contribution in [0.3, 0.4) is 0 Å². The molecule has 0 aliphatic heterocycles. The fraction of sp³-hybridized carbons (Fsp3) is 0.867. The first kappa shape index (κ1) is 15.3. The third-order valence-electron chi connectivity index (χ3n) is 4.73. The van der Waals surface area contributed by atoms with Crippen LogP contribution in [0.25, 0.3) is 0 Å². The Labute approximate surface area is 121 Å². The number of fused-ring (bicyclic) bond motifs is 2. The summed E-state index contributed by atoms with van der Waals surface area (Å²) in [5.74, 6) is 1.24. The summed E-state index contributed by atoms with van der Waals surface area (Å²) in [4.78, 5) is 25.8. The molecule has 2 bridgehead atoms. The van der Waals surface area contributed by atoms with Gasteiger partial charge in [-0.25, -0.2) is 0 Å². The minimum absolute atomic E-state index is 0.0116. The third kappa shape index (κ3) is 3.14. The van der Waals surface area contributed by atoms with Gasteiger partial charge < -0.3 is 16.0 Å². The zero-order valence-corrected chi connectivity index (χ0v) is 12.8. The van der Waals surface area contributed by atoms with Gasteiger partial charge in [0.05, 0.1) is 12.5 Å². The molecule has 20 heavy (non-hydrogen) atoms. The highest BCUT2D eigenvalue weighted by Crippen LogP contribution is 2.48. The fourth-order valence-corrected chi connectivity index (χ4v) is 3.62. The average molecular weight is 281 g/mol. The predicted octanol–water partition coefficient (Wildman–Crippen LogP) is 0.590. The molecule has 114 valence electrons. The number of likely N-dealkylation sites (N-methyl/N-ethyl adjacent to an activating group) is 1. The Balaban J connectivity index is 1.84. The largest absolute Gasteiger partial charge is 0.354 e. The quantitative estimate of drug-likeness (QED) is 0.774. The van der Waals surface area contributed by atoms with Crippen molar-refractivity contribution in [2.75, 3.05) is 20.1 Å². The van der Waals surface area contributed by atoms with E-state index < -0.39 is 0 Å². The number of carbonyl (C=O) groups is 2. The lowest BCUT2D eigenvalue weighted by Gasteiger charge is -2.30. The second kappa shape index (κ2) is 6.12. The molecule has 0 aromatic carbocycles. The lowest BCUT2D eigenvalue weighted by Crippen LogP contribution is -2.48. The van der Waals surface area contributed by atoms with Crippen LogP contribution in [0.2, 0.25) is 0 Å². The van der Waals surface area contributed by atoms with Crippen LogP contribution in [0.15, 0.2) is 0 Å². The second-order valence-corrected chi connectivity index (χ2v) is 6.83. The first-order chi connectivity index (χ1) is 9.40. The van der Waals surface area contributed by atoms with Gasteiger partial charge in [0.1, 0.15) is 0 Å². The summed E-state index contributed by atoms with van der Waals surface area (Å²) >= 11 is 0. The molecule has 0 radical (unpaired) electrons. The van der Waals surface area contributed by atoms with Crippen LogP contribution < -0.4 is 11.1 Å². The first-order valence-electron chi connectivity index (χ1n) is 7.67. The van der Waals surface area contributed by atoms with E-state index in [1.807, 2.05) is 13.8 Å². The molecule has 4 unspecified atom stereocenters. The van der Waals surface area contributed by atoms with E-state index in [1.54, 1.807) is 11.9 Å². The van der Waals surface area contributed by atoms with E-state index in [2.05, 4.69) is 5.32 Å². The van der Waals surface area contributed by atoms with Crippen LogP contribution in [0.4, 0.5) is 0 Å². The van der Waals surface area contributed by atoms with Gasteiger partial charge in [-0.1, -0.05) is 13.8 Å². The SMILES string of the molecule is CC(C)CNC(=O)CN(C)C(=O)C1C2CCC(C2)C1N. The lowest BCUT2D eigenvalue weighted by atomic mass is 9.84. The van der Waals surface area contributed by atoms with E-state index in [0.29, 0.717) is 24.3 Å². The van der Waals surface area contributed by atoms with Crippen molar-refractivity contribution in [3.05, 3.63) is 0 Å². The molecule has 2 rings (SSSR count). The van der Waals surface area contributed by atoms with Crippen LogP contribution in [0, 0.1) is 23.7 Å². The van der Waals surface area contributed by atoms with Gasteiger partial charge in [0, 0.05) is 19.6 Å². The van der Waals surface area contributed by atoms with Crippen LogP contribution in [-0.4, -0.2) is 42.9 Å². The number of rotatable bonds is 5. The average Bonchev–Trinajstić information content (AvgIpc) is 2.96. The molecule has 0 aromatic rings. The van der Waals surface area contributed by atoms with Crippen molar-refractivity contribution < 1.29 is 9.59 Å². The molecular formula is C15H27N3O2. The topological polar surface area (TPSA) is 75.4 Å². The minimum Gasteiger partial charge on any atom is -0.354 e. The fourth-order valence-electron chi connectivity index (χ4n) is 3.62. The van der Waals surface area contributed by atoms with Gasteiger partial charge >= 0.3 is 0 Å². The maximum Gasteiger partial charge on any atom is 0.239 e. The molecule has 0 saturated heterocycles. The Morgan fingerprint density at radius 1 is 1.30 bits per heavy atom. The molecule has 5 heteroatoms. The van der Waals surface area contributed by atoms with Crippen LogP contribution in [-0.2, 0) is 9.59 Å². The van der Waals surface area contributed by atoms with Gasteiger partial charge in [0.2, 0.25) is 11.8 Å². The van der Waals surface area contributed by atoms with E-state index in [9.17, 15) is 9.59 Å². The highest BCUT2D eigenvalue weighted by atomic mass is 16.2. The molecule has 0 heterocycles. The second-order valence-electron chi connectivity index (χ2n) is 6.83. The van der Waals surface area contributed by atoms with Crippen molar-refractivity contribution in [2.24, 2.45) is 29.4 Å². The maximum absolute atomic E-state index is 12.5. The van der Waals surface area contributed by atoms with Crippen molar-refractivity contribution in [1.29, 1.82) is 0 Å². The molecule has 3 N–H and O–H groups in total. The van der Waals surface area contributed by atoms with Crippen molar-refractivity contribution in [3.8, 4) is 0 Å². The highest BCUT2D eigenvalue weighted by molar-refractivity contribution is 5.86. The van der Waals surface area contributed by atoms with E-state index in [0.717, 1.165) is 19.3 Å². The molecule has 2 amide bonds. The summed E-state index contributed by atoms with van der Waals surface area (Å²) < 4.78 is 0. The highest BCUT2D eigenvalue weighted by Gasteiger charge is 2.49. The van der Waals surface area contributed by atoms with Gasteiger partial charge in [-0.05, 0) is 37.0 Å². The normalized spacial score (nSPS) is 31.6. The zero-order chi connectivity index (χ0) is 14.9. The lowest BCUT2D eigenvalue weighted by molar-refractivity contribution is -0.139. The van der Waals surface area contributed by atoms with Crippen molar-refractivity contribution in [3.63, 3.8) is 0 Å². The minimum atomic E-state index is -0.0914. The number of hydrogen-bond donors (Lipinski definition) is 2. The number of nitrogens with two attached hydrogens (primary N) is 1. The summed E-state index contributed by atoms with van der Waals surface area (Å²) in [6.07, 6.45) is 3.36. The molecule has 5 nitrogen and oxygen atoms in total. The summed E-state index contributed by atoms with van der Waals surface area (Å²) in [6.45, 7) is 4.87. The number of nitrogens with one attached hydrogen (secondary N) is 1. The molecule has 2 aliphatic carbocycles. The van der Waals surface area contributed by atoms with Crippen molar-refractivity contribution >= 4 is 11.8 Å². The predicted molar refractivity (Wildman–Crippen MR) is 77.8 cm³/mol. The molecular weight excluding hydrogens is 254 g/mol. The van der Waals surface area contributed by atoms with Gasteiger partial charge in [0.15, 0.2) is 0 Å². The number of amides is 2. The van der Waals surface area contributed by atoms with Crippen molar-refractivity contribution in [1.82, 2.24) is 10.2 Å². The van der Waals surface area contributed by atoms with E-state index in [-0.39, 0.29) is 30.3 Å². The Morgan fingerprint density at radius 2 is 1.95 bits per heavy atom. The molecule has 2 fully saturated rings. The zero-order valence-electron chi connectivity index (χ0n) is 12.8. The van der Waals surface area contributed by atoms with Gasteiger partial charge in [-0.15, -0.1) is 0 Å². The van der Waals surface area contributed by atoms with Crippen molar-refractivity contribution in [2.45, 2.75) is 39.2 Å². The van der Waals surface area contributed by atoms with Crippen LogP contribution in [0.1, 0.15) is 33.1 Å².